The number of piperidine rings is 1. The van der Waals surface area contributed by atoms with Crippen LogP contribution < -0.4 is 5.32 Å². The van der Waals surface area contributed by atoms with E-state index in [1.54, 1.807) is 0 Å². The average Bonchev–Trinajstić information content (AvgIpc) is 2.48. The van der Waals surface area contributed by atoms with Crippen molar-refractivity contribution in [1.29, 1.82) is 0 Å². The molecule has 3 nitrogen and oxygen atoms in total. The van der Waals surface area contributed by atoms with Crippen molar-refractivity contribution in [2.45, 2.75) is 43.5 Å². The zero-order valence-electron chi connectivity index (χ0n) is 12.1. The van der Waals surface area contributed by atoms with Crippen molar-refractivity contribution < 1.29 is 4.79 Å². The van der Waals surface area contributed by atoms with Crippen molar-refractivity contribution in [1.82, 2.24) is 10.2 Å². The third-order valence-electron chi connectivity index (χ3n) is 3.91. The number of benzene rings is 1. The summed E-state index contributed by atoms with van der Waals surface area (Å²) < 4.78 is 0. The number of nitrogens with one attached hydrogen (secondary N) is 1. The molecule has 0 aliphatic carbocycles. The molecule has 20 heavy (non-hydrogen) atoms. The number of nitrogens with zero attached hydrogens (tertiary/aromatic N) is 1. The maximum absolute atomic E-state index is 11.9. The van der Waals surface area contributed by atoms with Gasteiger partial charge in [0.15, 0.2) is 0 Å². The predicted octanol–water partition coefficient (Wildman–Crippen LogP) is 2.51. The lowest BCUT2D eigenvalue weighted by Crippen LogP contribution is -2.44. The first-order valence-corrected chi connectivity index (χ1v) is 7.88. The summed E-state index contributed by atoms with van der Waals surface area (Å²) in [5, 5.41) is 3.04. The van der Waals surface area contributed by atoms with Crippen LogP contribution in [0, 0.1) is 0 Å². The quantitative estimate of drug-likeness (QED) is 0.817. The molecule has 1 aromatic carbocycles. The summed E-state index contributed by atoms with van der Waals surface area (Å²) in [5.74, 6) is 0.0979. The molecule has 1 fully saturated rings. The van der Waals surface area contributed by atoms with Gasteiger partial charge in [0.1, 0.15) is 0 Å². The Balaban J connectivity index is 1.72. The third kappa shape index (κ3) is 4.84. The summed E-state index contributed by atoms with van der Waals surface area (Å²) in [4.78, 5) is 15.3. The van der Waals surface area contributed by atoms with E-state index in [0.717, 1.165) is 17.0 Å². The summed E-state index contributed by atoms with van der Waals surface area (Å²) in [6.07, 6.45) is 4.36. The second-order valence-corrected chi connectivity index (χ2v) is 6.11. The number of hydrogen-bond donors (Lipinski definition) is 2. The van der Waals surface area contributed by atoms with Crippen molar-refractivity contribution in [3.8, 4) is 0 Å². The van der Waals surface area contributed by atoms with Gasteiger partial charge in [0.25, 0.3) is 0 Å². The fourth-order valence-electron chi connectivity index (χ4n) is 2.61. The first-order valence-electron chi connectivity index (χ1n) is 7.44. The molecule has 0 bridgehead atoms. The van der Waals surface area contributed by atoms with E-state index in [2.05, 4.69) is 29.8 Å². The lowest BCUT2D eigenvalue weighted by molar-refractivity contribution is -0.120. The molecule has 2 rings (SSSR count). The molecule has 1 aromatic rings. The van der Waals surface area contributed by atoms with Crippen molar-refractivity contribution in [2.24, 2.45) is 0 Å². The molecule has 0 saturated carbocycles. The first kappa shape index (κ1) is 15.4. The van der Waals surface area contributed by atoms with Crippen molar-refractivity contribution in [3.63, 3.8) is 0 Å². The topological polar surface area (TPSA) is 32.3 Å². The van der Waals surface area contributed by atoms with Crippen molar-refractivity contribution in [2.75, 3.05) is 19.6 Å². The number of carbonyl (C=O) groups excluding carboxylic acids is 1. The van der Waals surface area contributed by atoms with E-state index in [-0.39, 0.29) is 5.91 Å². The summed E-state index contributed by atoms with van der Waals surface area (Å²) in [7, 11) is 0. The Labute approximate surface area is 127 Å². The Morgan fingerprint density at radius 3 is 2.55 bits per heavy atom. The first-order chi connectivity index (χ1) is 9.65. The van der Waals surface area contributed by atoms with Crippen LogP contribution in [0.15, 0.2) is 29.2 Å². The summed E-state index contributed by atoms with van der Waals surface area (Å²) in [6, 6.07) is 8.18. The van der Waals surface area contributed by atoms with E-state index >= 15 is 0 Å². The van der Waals surface area contributed by atoms with Crippen LogP contribution in [0.1, 0.15) is 31.7 Å². The SMILES string of the molecule is CC(CNC(=O)Cc1ccc(S)cc1)N1CCCCC1. The van der Waals surface area contributed by atoms with Gasteiger partial charge in [-0.3, -0.25) is 9.69 Å². The Kier molecular flexibility index (Phi) is 5.92. The second kappa shape index (κ2) is 7.70. The number of carbonyl (C=O) groups is 1. The maximum Gasteiger partial charge on any atom is 0.224 e. The zero-order chi connectivity index (χ0) is 14.4. The molecule has 1 saturated heterocycles. The van der Waals surface area contributed by atoms with Gasteiger partial charge in [-0.2, -0.15) is 0 Å². The molecule has 1 heterocycles. The monoisotopic (exact) mass is 292 g/mol. The van der Waals surface area contributed by atoms with Gasteiger partial charge < -0.3 is 5.32 Å². The highest BCUT2D eigenvalue weighted by molar-refractivity contribution is 7.80. The van der Waals surface area contributed by atoms with Crippen LogP contribution >= 0.6 is 12.6 Å². The van der Waals surface area contributed by atoms with Gasteiger partial charge in [0.2, 0.25) is 5.91 Å². The van der Waals surface area contributed by atoms with Gasteiger partial charge in [-0.25, -0.2) is 0 Å². The third-order valence-corrected chi connectivity index (χ3v) is 4.21. The molecular formula is C16H24N2OS. The largest absolute Gasteiger partial charge is 0.354 e. The Morgan fingerprint density at radius 2 is 1.90 bits per heavy atom. The molecule has 110 valence electrons. The second-order valence-electron chi connectivity index (χ2n) is 5.59. The predicted molar refractivity (Wildman–Crippen MR) is 85.3 cm³/mol. The summed E-state index contributed by atoms with van der Waals surface area (Å²) in [5.41, 5.74) is 1.03. The van der Waals surface area contributed by atoms with Crippen LogP contribution in [0.25, 0.3) is 0 Å². The highest BCUT2D eigenvalue weighted by atomic mass is 32.1. The van der Waals surface area contributed by atoms with Crippen LogP contribution in [0.4, 0.5) is 0 Å². The molecule has 0 spiro atoms. The van der Waals surface area contributed by atoms with Crippen LogP contribution in [0.5, 0.6) is 0 Å². The number of amides is 1. The van der Waals surface area contributed by atoms with Gasteiger partial charge in [-0.05, 0) is 50.6 Å². The number of likely N-dealkylation sites (tertiary alicyclic amines) is 1. The van der Waals surface area contributed by atoms with Crippen LogP contribution in [0.2, 0.25) is 0 Å². The van der Waals surface area contributed by atoms with E-state index < -0.39 is 0 Å². The number of hydrogen-bond acceptors (Lipinski definition) is 3. The Bertz CT molecular complexity index is 427. The highest BCUT2D eigenvalue weighted by Gasteiger charge is 2.17. The Hall–Kier alpha value is -1.00. The smallest absolute Gasteiger partial charge is 0.224 e. The van der Waals surface area contributed by atoms with Crippen LogP contribution in [-0.2, 0) is 11.2 Å². The highest BCUT2D eigenvalue weighted by Crippen LogP contribution is 2.11. The van der Waals surface area contributed by atoms with Crippen molar-refractivity contribution >= 4 is 18.5 Å². The van der Waals surface area contributed by atoms with Gasteiger partial charge in [0, 0.05) is 17.5 Å². The fourth-order valence-corrected chi connectivity index (χ4v) is 2.76. The standard InChI is InChI=1S/C16H24N2OS/c1-13(18-9-3-2-4-10-18)12-17-16(19)11-14-5-7-15(20)8-6-14/h5-8,13,20H,2-4,9-12H2,1H3,(H,17,19). The van der Waals surface area contributed by atoms with E-state index in [4.69, 9.17) is 0 Å². The fraction of sp³-hybridized carbons (Fsp3) is 0.562. The Morgan fingerprint density at radius 1 is 1.25 bits per heavy atom. The minimum absolute atomic E-state index is 0.0979. The number of thiol groups is 1. The average molecular weight is 292 g/mol. The van der Waals surface area contributed by atoms with Crippen molar-refractivity contribution in [3.05, 3.63) is 29.8 Å². The van der Waals surface area contributed by atoms with E-state index in [1.807, 2.05) is 24.3 Å². The molecule has 4 heteroatoms. The molecule has 1 amide bonds. The maximum atomic E-state index is 11.9. The van der Waals surface area contributed by atoms with Gasteiger partial charge in [0.05, 0.1) is 6.42 Å². The minimum Gasteiger partial charge on any atom is -0.354 e. The van der Waals surface area contributed by atoms with E-state index in [1.165, 1.54) is 32.4 Å². The molecule has 1 unspecified atom stereocenters. The molecule has 1 N–H and O–H groups in total. The number of rotatable bonds is 5. The lowest BCUT2D eigenvalue weighted by Gasteiger charge is -2.32. The van der Waals surface area contributed by atoms with E-state index in [9.17, 15) is 4.79 Å². The molecular weight excluding hydrogens is 268 g/mol. The lowest BCUT2D eigenvalue weighted by atomic mass is 10.1. The molecule has 1 aliphatic rings. The van der Waals surface area contributed by atoms with Crippen LogP contribution in [-0.4, -0.2) is 36.5 Å². The van der Waals surface area contributed by atoms with E-state index in [0.29, 0.717) is 12.5 Å². The molecule has 0 radical (unpaired) electrons. The summed E-state index contributed by atoms with van der Waals surface area (Å²) in [6.45, 7) is 5.27. The molecule has 1 aliphatic heterocycles. The zero-order valence-corrected chi connectivity index (χ0v) is 13.0. The minimum atomic E-state index is 0.0979. The van der Waals surface area contributed by atoms with Gasteiger partial charge in [-0.1, -0.05) is 18.6 Å². The molecule has 0 aromatic heterocycles. The molecule has 1 atom stereocenters. The summed E-state index contributed by atoms with van der Waals surface area (Å²) >= 11 is 4.24. The van der Waals surface area contributed by atoms with Gasteiger partial charge in [-0.15, -0.1) is 12.6 Å². The van der Waals surface area contributed by atoms with Crippen LogP contribution in [0.3, 0.4) is 0 Å². The van der Waals surface area contributed by atoms with Gasteiger partial charge >= 0.3 is 0 Å². The normalized spacial score (nSPS) is 17.7.